The maximum atomic E-state index is 13.2. The van der Waals surface area contributed by atoms with Crippen LogP contribution in [0.3, 0.4) is 0 Å². The fourth-order valence-corrected chi connectivity index (χ4v) is 5.84. The highest BCUT2D eigenvalue weighted by Crippen LogP contribution is 2.43. The minimum atomic E-state index is -0.433. The minimum Gasteiger partial charge on any atom is -0.508 e. The van der Waals surface area contributed by atoms with E-state index in [0.29, 0.717) is 42.6 Å². The van der Waals surface area contributed by atoms with Gasteiger partial charge in [0.25, 0.3) is 0 Å². The van der Waals surface area contributed by atoms with Gasteiger partial charge in [0.15, 0.2) is 11.5 Å². The normalized spacial score (nSPS) is 21.2. The number of hydrogen-bond donors (Lipinski definition) is 1. The van der Waals surface area contributed by atoms with E-state index in [1.165, 1.54) is 18.6 Å². The van der Waals surface area contributed by atoms with Crippen molar-refractivity contribution >= 4 is 18.0 Å². The number of carbonyl (C=O) groups excluding carboxylic acids is 2. The standard InChI is InChI=1S/C32H39NO6/c1-4-22-9-12-28(24-14-15-33-20-24)29(16-22)31(38-21(2)34)19-26(36)11-8-23-10-13-30(32(17-23)37-3)39-27-7-5-6-25(35)18-27/h5-7,10,13-14,17-18,20,22,28-29,31,35H,4,8-9,11-12,15-16,19H2,1-3H3/t22-,28-,29-,31-/m0/s1. The summed E-state index contributed by atoms with van der Waals surface area (Å²) in [7, 11) is 1.57. The molecule has 0 radical (unpaired) electrons. The van der Waals surface area contributed by atoms with Crippen LogP contribution in [0, 0.1) is 17.8 Å². The van der Waals surface area contributed by atoms with E-state index >= 15 is 0 Å². The Morgan fingerprint density at radius 2 is 1.97 bits per heavy atom. The molecule has 7 nitrogen and oxygen atoms in total. The Kier molecular flexibility index (Phi) is 9.79. The van der Waals surface area contributed by atoms with E-state index in [4.69, 9.17) is 14.2 Å². The van der Waals surface area contributed by atoms with Crippen molar-refractivity contribution in [3.05, 3.63) is 59.7 Å². The molecule has 2 aliphatic rings. The quantitative estimate of drug-likeness (QED) is 0.314. The van der Waals surface area contributed by atoms with Crippen molar-refractivity contribution in [2.75, 3.05) is 13.7 Å². The third-order valence-corrected chi connectivity index (χ3v) is 7.88. The monoisotopic (exact) mass is 533 g/mol. The Hall–Kier alpha value is -3.61. The number of phenolic OH excluding ortho intramolecular Hbond substituents is 1. The zero-order valence-electron chi connectivity index (χ0n) is 23.1. The average Bonchev–Trinajstić information content (AvgIpc) is 3.46. The van der Waals surface area contributed by atoms with E-state index in [2.05, 4.69) is 18.0 Å². The number of benzene rings is 2. The van der Waals surface area contributed by atoms with Crippen LogP contribution in [-0.2, 0) is 20.7 Å². The summed E-state index contributed by atoms with van der Waals surface area (Å²) in [6, 6.07) is 12.1. The molecule has 1 aliphatic heterocycles. The number of phenols is 1. The Bertz CT molecular complexity index is 1220. The molecular formula is C32H39NO6. The van der Waals surface area contributed by atoms with Crippen molar-refractivity contribution in [1.29, 1.82) is 0 Å². The second-order valence-corrected chi connectivity index (χ2v) is 10.5. The van der Waals surface area contributed by atoms with Gasteiger partial charge in [-0.05, 0) is 72.9 Å². The SMILES string of the molecule is CC[C@H]1CC[C@@H](C2=CCN=C2)[C@@H]([C@H](CC(=O)CCc2ccc(Oc3cccc(O)c3)c(OC)c2)OC(C)=O)C1. The first kappa shape index (κ1) is 28.4. The molecule has 39 heavy (non-hydrogen) atoms. The number of allylic oxidation sites excluding steroid dienone is 1. The highest BCUT2D eigenvalue weighted by Gasteiger charge is 2.39. The Balaban J connectivity index is 1.42. The number of Topliss-reactive ketones (excluding diaryl/α,β-unsaturated/α-hetero) is 1. The van der Waals surface area contributed by atoms with Crippen molar-refractivity contribution in [1.82, 2.24) is 0 Å². The second kappa shape index (κ2) is 13.5. The van der Waals surface area contributed by atoms with Crippen molar-refractivity contribution in [2.24, 2.45) is 22.7 Å². The predicted molar refractivity (Wildman–Crippen MR) is 151 cm³/mol. The van der Waals surface area contributed by atoms with Gasteiger partial charge in [-0.2, -0.15) is 0 Å². The number of aryl methyl sites for hydroxylation is 1. The maximum absolute atomic E-state index is 13.2. The lowest BCUT2D eigenvalue weighted by atomic mass is 9.67. The molecule has 4 atom stereocenters. The highest BCUT2D eigenvalue weighted by molar-refractivity contribution is 5.82. The number of esters is 1. The first-order valence-electron chi connectivity index (χ1n) is 13.9. The fraction of sp³-hybridized carbons (Fsp3) is 0.469. The summed E-state index contributed by atoms with van der Waals surface area (Å²) in [5.41, 5.74) is 2.17. The lowest BCUT2D eigenvalue weighted by molar-refractivity contribution is -0.152. The zero-order chi connectivity index (χ0) is 27.8. The molecule has 2 aromatic carbocycles. The summed E-state index contributed by atoms with van der Waals surface area (Å²) in [6.07, 6.45) is 9.01. The number of ether oxygens (including phenoxy) is 3. The van der Waals surface area contributed by atoms with Gasteiger partial charge in [0.2, 0.25) is 0 Å². The Labute approximate surface area is 230 Å². The second-order valence-electron chi connectivity index (χ2n) is 10.5. The molecule has 0 saturated heterocycles. The average molecular weight is 534 g/mol. The third-order valence-electron chi connectivity index (χ3n) is 7.88. The van der Waals surface area contributed by atoms with Crippen molar-refractivity contribution in [2.45, 2.75) is 64.9 Å². The molecule has 1 saturated carbocycles. The molecule has 4 rings (SSSR count). The summed E-state index contributed by atoms with van der Waals surface area (Å²) < 4.78 is 17.2. The Morgan fingerprint density at radius 3 is 2.67 bits per heavy atom. The van der Waals surface area contributed by atoms with E-state index < -0.39 is 6.10 Å². The van der Waals surface area contributed by atoms with Crippen molar-refractivity contribution in [3.63, 3.8) is 0 Å². The van der Waals surface area contributed by atoms with Crippen LogP contribution >= 0.6 is 0 Å². The first-order chi connectivity index (χ1) is 18.9. The molecule has 1 heterocycles. The minimum absolute atomic E-state index is 0.0757. The molecule has 2 aromatic rings. The van der Waals surface area contributed by atoms with E-state index in [0.717, 1.165) is 31.2 Å². The van der Waals surface area contributed by atoms with Crippen LogP contribution in [0.4, 0.5) is 0 Å². The predicted octanol–water partition coefficient (Wildman–Crippen LogP) is 6.47. The van der Waals surface area contributed by atoms with E-state index in [1.54, 1.807) is 31.4 Å². The van der Waals surface area contributed by atoms with Gasteiger partial charge in [-0.25, -0.2) is 0 Å². The topological polar surface area (TPSA) is 94.4 Å². The van der Waals surface area contributed by atoms with Crippen LogP contribution in [0.15, 0.2) is 59.1 Å². The first-order valence-corrected chi connectivity index (χ1v) is 13.9. The van der Waals surface area contributed by atoms with Gasteiger partial charge in [-0.1, -0.05) is 31.6 Å². The fourth-order valence-electron chi connectivity index (χ4n) is 5.84. The van der Waals surface area contributed by atoms with Gasteiger partial charge in [0, 0.05) is 38.0 Å². The number of nitrogens with zero attached hydrogens (tertiary/aromatic N) is 1. The van der Waals surface area contributed by atoms with Gasteiger partial charge in [-0.3, -0.25) is 14.6 Å². The lowest BCUT2D eigenvalue weighted by Gasteiger charge is -2.40. The van der Waals surface area contributed by atoms with Gasteiger partial charge in [0.1, 0.15) is 23.4 Å². The van der Waals surface area contributed by atoms with Crippen molar-refractivity contribution < 1.29 is 28.9 Å². The molecule has 0 unspecified atom stereocenters. The smallest absolute Gasteiger partial charge is 0.302 e. The molecule has 1 aliphatic carbocycles. The molecule has 0 bridgehead atoms. The zero-order valence-corrected chi connectivity index (χ0v) is 23.1. The molecule has 0 spiro atoms. The number of carbonyl (C=O) groups is 2. The highest BCUT2D eigenvalue weighted by atomic mass is 16.5. The number of ketones is 1. The van der Waals surface area contributed by atoms with Crippen LogP contribution in [-0.4, -0.2) is 42.8 Å². The Morgan fingerprint density at radius 1 is 1.13 bits per heavy atom. The number of hydrogen-bond acceptors (Lipinski definition) is 7. The molecular weight excluding hydrogens is 494 g/mol. The van der Waals surface area contributed by atoms with E-state index in [1.807, 2.05) is 18.3 Å². The van der Waals surface area contributed by atoms with E-state index in [-0.39, 0.29) is 35.8 Å². The summed E-state index contributed by atoms with van der Waals surface area (Å²) >= 11 is 0. The van der Waals surface area contributed by atoms with Gasteiger partial charge in [-0.15, -0.1) is 0 Å². The number of aliphatic imine (C=N–C) groups is 1. The molecule has 208 valence electrons. The molecule has 0 amide bonds. The number of rotatable bonds is 12. The van der Waals surface area contributed by atoms with Gasteiger partial charge >= 0.3 is 5.97 Å². The van der Waals surface area contributed by atoms with Crippen LogP contribution in [0.5, 0.6) is 23.0 Å². The third kappa shape index (κ3) is 7.71. The molecule has 0 aromatic heterocycles. The number of methoxy groups -OCH3 is 1. The maximum Gasteiger partial charge on any atom is 0.302 e. The van der Waals surface area contributed by atoms with Crippen LogP contribution in [0.2, 0.25) is 0 Å². The molecule has 1 fully saturated rings. The number of aromatic hydroxyl groups is 1. The summed E-state index contributed by atoms with van der Waals surface area (Å²) in [5, 5.41) is 9.69. The molecule has 7 heteroatoms. The van der Waals surface area contributed by atoms with Crippen LogP contribution in [0.25, 0.3) is 0 Å². The van der Waals surface area contributed by atoms with Crippen LogP contribution in [0.1, 0.15) is 57.9 Å². The summed E-state index contributed by atoms with van der Waals surface area (Å²) in [6.45, 7) is 4.34. The summed E-state index contributed by atoms with van der Waals surface area (Å²) in [5.74, 6) is 2.37. The largest absolute Gasteiger partial charge is 0.508 e. The lowest BCUT2D eigenvalue weighted by Crippen LogP contribution is -2.38. The summed E-state index contributed by atoms with van der Waals surface area (Å²) in [4.78, 5) is 29.7. The van der Waals surface area contributed by atoms with Crippen LogP contribution < -0.4 is 9.47 Å². The molecule has 1 N–H and O–H groups in total. The van der Waals surface area contributed by atoms with E-state index in [9.17, 15) is 14.7 Å². The van der Waals surface area contributed by atoms with Gasteiger partial charge in [0.05, 0.1) is 13.7 Å². The van der Waals surface area contributed by atoms with Gasteiger partial charge < -0.3 is 19.3 Å². The van der Waals surface area contributed by atoms with Crippen molar-refractivity contribution in [3.8, 4) is 23.0 Å².